The Labute approximate surface area is 116 Å². The average Bonchev–Trinajstić information content (AvgIpc) is 2.36. The Kier molecular flexibility index (Phi) is 7.30. The second-order valence-electron chi connectivity index (χ2n) is 5.01. The van der Waals surface area contributed by atoms with Gasteiger partial charge in [-0.2, -0.15) is 0 Å². The fourth-order valence-corrected chi connectivity index (χ4v) is 1.67. The lowest BCUT2D eigenvalue weighted by Crippen LogP contribution is -2.19. The molecular formula is C15H26N2O2. The van der Waals surface area contributed by atoms with Crippen LogP contribution in [0.1, 0.15) is 13.3 Å². The molecule has 0 radical (unpaired) electrons. The van der Waals surface area contributed by atoms with Crippen LogP contribution in [0, 0.1) is 0 Å². The summed E-state index contributed by atoms with van der Waals surface area (Å²) in [6.45, 7) is 4.55. The van der Waals surface area contributed by atoms with Crippen LogP contribution in [-0.2, 0) is 4.74 Å². The van der Waals surface area contributed by atoms with Crippen LogP contribution < -0.4 is 10.1 Å². The van der Waals surface area contributed by atoms with Gasteiger partial charge in [0.1, 0.15) is 12.4 Å². The molecule has 0 fully saturated rings. The zero-order chi connectivity index (χ0) is 14.1. The minimum Gasteiger partial charge on any atom is -0.492 e. The fraction of sp³-hybridized carbons (Fsp3) is 0.600. The summed E-state index contributed by atoms with van der Waals surface area (Å²) in [4.78, 5) is 2.11. The Balaban J connectivity index is 2.42. The molecule has 0 aromatic heterocycles. The standard InChI is InChI=1S/C15H26N2O2/c1-13(8-10-18-4)16-14-6-5-7-15(12-14)19-11-9-17(2)3/h5-7,12-13,16H,8-11H2,1-4H3. The maximum absolute atomic E-state index is 5.71. The molecule has 4 heteroatoms. The van der Waals surface area contributed by atoms with Crippen molar-refractivity contribution in [2.75, 3.05) is 46.3 Å². The topological polar surface area (TPSA) is 33.7 Å². The highest BCUT2D eigenvalue weighted by molar-refractivity contribution is 5.48. The monoisotopic (exact) mass is 266 g/mol. The normalized spacial score (nSPS) is 12.5. The second-order valence-corrected chi connectivity index (χ2v) is 5.01. The number of likely N-dealkylation sites (N-methyl/N-ethyl adjacent to an activating group) is 1. The minimum absolute atomic E-state index is 0.386. The fourth-order valence-electron chi connectivity index (χ4n) is 1.67. The number of benzene rings is 1. The second kappa shape index (κ2) is 8.77. The van der Waals surface area contributed by atoms with Crippen molar-refractivity contribution < 1.29 is 9.47 Å². The average molecular weight is 266 g/mol. The lowest BCUT2D eigenvalue weighted by molar-refractivity contribution is 0.191. The molecule has 1 N–H and O–H groups in total. The molecule has 1 rings (SSSR count). The van der Waals surface area contributed by atoms with E-state index in [0.29, 0.717) is 12.6 Å². The highest BCUT2D eigenvalue weighted by Crippen LogP contribution is 2.18. The maximum atomic E-state index is 5.71. The minimum atomic E-state index is 0.386. The van der Waals surface area contributed by atoms with Crippen molar-refractivity contribution in [3.63, 3.8) is 0 Å². The summed E-state index contributed by atoms with van der Waals surface area (Å²) in [6, 6.07) is 8.48. The molecule has 0 spiro atoms. The van der Waals surface area contributed by atoms with Crippen LogP contribution in [0.4, 0.5) is 5.69 Å². The predicted octanol–water partition coefficient (Wildman–Crippen LogP) is 2.46. The van der Waals surface area contributed by atoms with Gasteiger partial charge < -0.3 is 19.7 Å². The van der Waals surface area contributed by atoms with Gasteiger partial charge in [0.15, 0.2) is 0 Å². The molecule has 0 aliphatic rings. The first kappa shape index (κ1) is 15.8. The van der Waals surface area contributed by atoms with Crippen LogP contribution in [0.5, 0.6) is 5.75 Å². The van der Waals surface area contributed by atoms with Crippen molar-refractivity contribution in [3.05, 3.63) is 24.3 Å². The molecule has 1 unspecified atom stereocenters. The van der Waals surface area contributed by atoms with E-state index in [9.17, 15) is 0 Å². The first-order valence-electron chi connectivity index (χ1n) is 6.75. The third-order valence-electron chi connectivity index (χ3n) is 2.81. The molecule has 1 aromatic rings. The summed E-state index contributed by atoms with van der Waals surface area (Å²) < 4.78 is 10.8. The number of hydrogen-bond acceptors (Lipinski definition) is 4. The van der Waals surface area contributed by atoms with Crippen LogP contribution in [0.3, 0.4) is 0 Å². The smallest absolute Gasteiger partial charge is 0.121 e. The van der Waals surface area contributed by atoms with Gasteiger partial charge in [0.05, 0.1) is 0 Å². The van der Waals surface area contributed by atoms with Crippen LogP contribution in [-0.4, -0.2) is 51.9 Å². The number of hydrogen-bond donors (Lipinski definition) is 1. The first-order valence-corrected chi connectivity index (χ1v) is 6.75. The molecule has 0 amide bonds. The molecule has 1 atom stereocenters. The first-order chi connectivity index (χ1) is 9.11. The maximum Gasteiger partial charge on any atom is 0.121 e. The van der Waals surface area contributed by atoms with Gasteiger partial charge in [0.2, 0.25) is 0 Å². The van der Waals surface area contributed by atoms with E-state index < -0.39 is 0 Å². The lowest BCUT2D eigenvalue weighted by Gasteiger charge is -2.16. The highest BCUT2D eigenvalue weighted by atomic mass is 16.5. The van der Waals surface area contributed by atoms with E-state index in [2.05, 4.69) is 23.2 Å². The molecule has 0 bridgehead atoms. The molecule has 4 nitrogen and oxygen atoms in total. The molecule has 0 saturated heterocycles. The number of methoxy groups -OCH3 is 1. The summed E-state index contributed by atoms with van der Waals surface area (Å²) in [7, 11) is 5.81. The van der Waals surface area contributed by atoms with Crippen molar-refractivity contribution in [1.29, 1.82) is 0 Å². The van der Waals surface area contributed by atoms with E-state index in [1.807, 2.05) is 32.3 Å². The Bertz CT molecular complexity index is 356. The largest absolute Gasteiger partial charge is 0.492 e. The molecule has 0 aliphatic heterocycles. The molecule has 1 aromatic carbocycles. The molecule has 0 heterocycles. The van der Waals surface area contributed by atoms with Gasteiger partial charge in [-0.25, -0.2) is 0 Å². The Morgan fingerprint density at radius 1 is 1.26 bits per heavy atom. The van der Waals surface area contributed by atoms with Gasteiger partial charge in [-0.05, 0) is 39.6 Å². The van der Waals surface area contributed by atoms with Crippen molar-refractivity contribution in [3.8, 4) is 5.75 Å². The van der Waals surface area contributed by atoms with Crippen LogP contribution in [0.15, 0.2) is 24.3 Å². The van der Waals surface area contributed by atoms with Crippen LogP contribution in [0.25, 0.3) is 0 Å². The number of nitrogens with one attached hydrogen (secondary N) is 1. The molecule has 0 aliphatic carbocycles. The van der Waals surface area contributed by atoms with Gasteiger partial charge in [0.25, 0.3) is 0 Å². The van der Waals surface area contributed by atoms with E-state index in [1.54, 1.807) is 7.11 Å². The summed E-state index contributed by atoms with van der Waals surface area (Å²) in [5, 5.41) is 3.45. The molecule has 0 saturated carbocycles. The number of ether oxygens (including phenoxy) is 2. The van der Waals surface area contributed by atoms with Gasteiger partial charge >= 0.3 is 0 Å². The van der Waals surface area contributed by atoms with Gasteiger partial charge in [-0.15, -0.1) is 0 Å². The van der Waals surface area contributed by atoms with Crippen molar-refractivity contribution in [2.45, 2.75) is 19.4 Å². The summed E-state index contributed by atoms with van der Waals surface area (Å²) in [5.41, 5.74) is 1.09. The van der Waals surface area contributed by atoms with Gasteiger partial charge in [-0.1, -0.05) is 6.07 Å². The summed E-state index contributed by atoms with van der Waals surface area (Å²) in [6.07, 6.45) is 0.988. The Morgan fingerprint density at radius 2 is 2.05 bits per heavy atom. The van der Waals surface area contributed by atoms with E-state index in [1.165, 1.54) is 0 Å². The van der Waals surface area contributed by atoms with E-state index >= 15 is 0 Å². The van der Waals surface area contributed by atoms with Crippen molar-refractivity contribution in [2.24, 2.45) is 0 Å². The summed E-state index contributed by atoms with van der Waals surface area (Å²) in [5.74, 6) is 0.908. The number of rotatable bonds is 9. The van der Waals surface area contributed by atoms with E-state index in [0.717, 1.165) is 31.0 Å². The highest BCUT2D eigenvalue weighted by Gasteiger charge is 2.03. The molecular weight excluding hydrogens is 240 g/mol. The van der Waals surface area contributed by atoms with E-state index in [-0.39, 0.29) is 0 Å². The van der Waals surface area contributed by atoms with Gasteiger partial charge in [0, 0.05) is 38.1 Å². The van der Waals surface area contributed by atoms with Crippen molar-refractivity contribution >= 4 is 5.69 Å². The third kappa shape index (κ3) is 7.03. The van der Waals surface area contributed by atoms with Crippen molar-refractivity contribution in [1.82, 2.24) is 4.90 Å². The summed E-state index contributed by atoms with van der Waals surface area (Å²) >= 11 is 0. The number of nitrogens with zero attached hydrogens (tertiary/aromatic N) is 1. The zero-order valence-corrected chi connectivity index (χ0v) is 12.5. The third-order valence-corrected chi connectivity index (χ3v) is 2.81. The van der Waals surface area contributed by atoms with Gasteiger partial charge in [-0.3, -0.25) is 0 Å². The SMILES string of the molecule is COCCC(C)Nc1cccc(OCCN(C)C)c1. The molecule has 108 valence electrons. The van der Waals surface area contributed by atoms with E-state index in [4.69, 9.17) is 9.47 Å². The Morgan fingerprint density at radius 3 is 2.74 bits per heavy atom. The van der Waals surface area contributed by atoms with Crippen LogP contribution in [0.2, 0.25) is 0 Å². The molecule has 19 heavy (non-hydrogen) atoms. The quantitative estimate of drug-likeness (QED) is 0.744. The Hall–Kier alpha value is -1.26. The lowest BCUT2D eigenvalue weighted by atomic mass is 10.2. The van der Waals surface area contributed by atoms with Crippen LogP contribution >= 0.6 is 0 Å². The number of anilines is 1. The zero-order valence-electron chi connectivity index (χ0n) is 12.5. The predicted molar refractivity (Wildman–Crippen MR) is 80.1 cm³/mol.